The van der Waals surface area contributed by atoms with E-state index in [0.29, 0.717) is 17.4 Å². The monoisotopic (exact) mass is 365 g/mol. The van der Waals surface area contributed by atoms with Crippen LogP contribution in [-0.4, -0.2) is 35.4 Å². The van der Waals surface area contributed by atoms with Crippen molar-refractivity contribution >= 4 is 23.4 Å². The highest BCUT2D eigenvalue weighted by molar-refractivity contribution is 6.02. The van der Waals surface area contributed by atoms with Crippen LogP contribution in [-0.2, 0) is 4.79 Å². The summed E-state index contributed by atoms with van der Waals surface area (Å²) < 4.78 is 1.47. The van der Waals surface area contributed by atoms with Gasteiger partial charge in [-0.1, -0.05) is 13.0 Å². The minimum atomic E-state index is -0.524. The van der Waals surface area contributed by atoms with Crippen LogP contribution in [0.2, 0.25) is 0 Å². The number of hydrogen-bond donors (Lipinski definition) is 1. The van der Waals surface area contributed by atoms with E-state index in [1.54, 1.807) is 12.3 Å². The molecule has 140 valence electrons. The van der Waals surface area contributed by atoms with Gasteiger partial charge >= 0.3 is 0 Å². The van der Waals surface area contributed by atoms with E-state index >= 15 is 0 Å². The number of hydrogen-bond acceptors (Lipinski definition) is 5. The average Bonchev–Trinajstić information content (AvgIpc) is 2.68. The highest BCUT2D eigenvalue weighted by Crippen LogP contribution is 2.25. The zero-order valence-electron chi connectivity index (χ0n) is 15.8. The molecule has 0 spiro atoms. The van der Waals surface area contributed by atoms with Crippen LogP contribution >= 0.6 is 0 Å². The van der Waals surface area contributed by atoms with Crippen molar-refractivity contribution in [1.29, 1.82) is 5.26 Å². The summed E-state index contributed by atoms with van der Waals surface area (Å²) in [6, 6.07) is 5.57. The van der Waals surface area contributed by atoms with Crippen LogP contribution in [0.4, 0.5) is 5.82 Å². The zero-order chi connectivity index (χ0) is 19.6. The van der Waals surface area contributed by atoms with Gasteiger partial charge in [0.15, 0.2) is 0 Å². The molecule has 1 aliphatic heterocycles. The molecule has 7 heteroatoms. The Bertz CT molecular complexity index is 1010. The lowest BCUT2D eigenvalue weighted by Gasteiger charge is -2.32. The van der Waals surface area contributed by atoms with Crippen molar-refractivity contribution in [3.63, 3.8) is 0 Å². The molecule has 0 saturated carbocycles. The van der Waals surface area contributed by atoms with Gasteiger partial charge in [0.25, 0.3) is 11.5 Å². The number of aryl methyl sites for hydroxylation is 1. The first kappa shape index (κ1) is 18.6. The lowest BCUT2D eigenvalue weighted by atomic mass is 9.99. The molecule has 27 heavy (non-hydrogen) atoms. The smallest absolute Gasteiger partial charge is 0.267 e. The Morgan fingerprint density at radius 2 is 2.11 bits per heavy atom. The Balaban J connectivity index is 2.26. The predicted octanol–water partition coefficient (Wildman–Crippen LogP) is 1.89. The van der Waals surface area contributed by atoms with E-state index in [1.165, 1.54) is 17.5 Å². The second-order valence-electron chi connectivity index (χ2n) is 6.96. The predicted molar refractivity (Wildman–Crippen MR) is 104 cm³/mol. The number of nitriles is 1. The number of pyridine rings is 1. The van der Waals surface area contributed by atoms with Crippen molar-refractivity contribution in [3.8, 4) is 6.07 Å². The maximum Gasteiger partial charge on any atom is 0.267 e. The summed E-state index contributed by atoms with van der Waals surface area (Å²) in [6.07, 6.45) is 5.04. The number of carbonyl (C=O) groups excluding carboxylic acids is 1. The molecule has 1 aliphatic rings. The van der Waals surface area contributed by atoms with Gasteiger partial charge in [0.1, 0.15) is 23.1 Å². The van der Waals surface area contributed by atoms with Gasteiger partial charge in [-0.15, -0.1) is 0 Å². The summed E-state index contributed by atoms with van der Waals surface area (Å²) >= 11 is 0. The molecule has 2 aromatic heterocycles. The molecule has 0 aromatic carbocycles. The second kappa shape index (κ2) is 7.62. The number of fused-ring (bicyclic) bond motifs is 1. The molecule has 0 atom stereocenters. The number of likely N-dealkylation sites (N-methyl/N-ethyl adjacent to an activating group) is 1. The first-order valence-electron chi connectivity index (χ1n) is 9.07. The van der Waals surface area contributed by atoms with Crippen molar-refractivity contribution in [1.82, 2.24) is 14.7 Å². The van der Waals surface area contributed by atoms with Gasteiger partial charge < -0.3 is 10.2 Å². The van der Waals surface area contributed by atoms with Crippen LogP contribution in [0, 0.1) is 24.2 Å². The van der Waals surface area contributed by atoms with Gasteiger partial charge in [0.2, 0.25) is 0 Å². The molecule has 1 saturated heterocycles. The number of rotatable bonds is 3. The highest BCUT2D eigenvalue weighted by Gasteiger charge is 2.23. The number of anilines is 1. The van der Waals surface area contributed by atoms with Gasteiger partial charge in [-0.3, -0.25) is 14.0 Å². The molecule has 1 amide bonds. The van der Waals surface area contributed by atoms with Crippen molar-refractivity contribution in [2.24, 2.45) is 5.92 Å². The van der Waals surface area contributed by atoms with Gasteiger partial charge in [-0.05, 0) is 43.4 Å². The van der Waals surface area contributed by atoms with Crippen LogP contribution < -0.4 is 15.8 Å². The van der Waals surface area contributed by atoms with Crippen LogP contribution in [0.3, 0.4) is 0 Å². The standard InChI is InChI=1S/C20H23N5O2/c1-13-6-9-24(10-7-13)18-16(11-15(12-21)19(26)22-3)20(27)25-8-4-5-14(2)17(25)23-18/h4-5,8,11,13H,6-7,9-10H2,1-3H3,(H,22,26). The molecule has 7 nitrogen and oxygen atoms in total. The lowest BCUT2D eigenvalue weighted by Crippen LogP contribution is -2.36. The Hall–Kier alpha value is -3.14. The minimum Gasteiger partial charge on any atom is -0.356 e. The molecule has 0 radical (unpaired) electrons. The molecular weight excluding hydrogens is 342 g/mol. The summed E-state index contributed by atoms with van der Waals surface area (Å²) in [7, 11) is 1.45. The molecule has 3 rings (SSSR count). The van der Waals surface area contributed by atoms with Gasteiger partial charge in [0.05, 0.1) is 5.56 Å². The fourth-order valence-corrected chi connectivity index (χ4v) is 3.32. The average molecular weight is 365 g/mol. The third-order valence-corrected chi connectivity index (χ3v) is 5.03. The van der Waals surface area contributed by atoms with Crippen LogP contribution in [0.15, 0.2) is 28.7 Å². The van der Waals surface area contributed by atoms with Crippen molar-refractivity contribution in [2.75, 3.05) is 25.0 Å². The van der Waals surface area contributed by atoms with Crippen molar-refractivity contribution < 1.29 is 4.79 Å². The molecule has 1 N–H and O–H groups in total. The summed E-state index contributed by atoms with van der Waals surface area (Å²) in [6.45, 7) is 5.70. The topological polar surface area (TPSA) is 90.5 Å². The van der Waals surface area contributed by atoms with Crippen molar-refractivity contribution in [2.45, 2.75) is 26.7 Å². The fourth-order valence-electron chi connectivity index (χ4n) is 3.32. The first-order valence-corrected chi connectivity index (χ1v) is 9.07. The molecular formula is C20H23N5O2. The summed E-state index contributed by atoms with van der Waals surface area (Å²) in [4.78, 5) is 32.0. The number of amides is 1. The zero-order valence-corrected chi connectivity index (χ0v) is 15.8. The van der Waals surface area contributed by atoms with Gasteiger partial charge in [-0.2, -0.15) is 5.26 Å². The fraction of sp³-hybridized carbons (Fsp3) is 0.400. The summed E-state index contributed by atoms with van der Waals surface area (Å²) in [5.74, 6) is 0.645. The number of nitrogens with one attached hydrogen (secondary N) is 1. The molecule has 0 unspecified atom stereocenters. The molecule has 1 fully saturated rings. The van der Waals surface area contributed by atoms with E-state index in [-0.39, 0.29) is 16.7 Å². The third-order valence-electron chi connectivity index (χ3n) is 5.03. The number of aromatic nitrogens is 2. The number of carbonyl (C=O) groups is 1. The maximum absolute atomic E-state index is 13.2. The largest absolute Gasteiger partial charge is 0.356 e. The lowest BCUT2D eigenvalue weighted by molar-refractivity contribution is -0.116. The molecule has 2 aromatic rings. The second-order valence-corrected chi connectivity index (χ2v) is 6.96. The van der Waals surface area contributed by atoms with E-state index < -0.39 is 5.91 Å². The van der Waals surface area contributed by atoms with E-state index in [9.17, 15) is 14.9 Å². The number of nitrogens with zero attached hydrogens (tertiary/aromatic N) is 4. The number of piperidine rings is 1. The van der Waals surface area contributed by atoms with E-state index in [2.05, 4.69) is 17.1 Å². The maximum atomic E-state index is 13.2. The van der Waals surface area contributed by atoms with E-state index in [0.717, 1.165) is 31.5 Å². The quantitative estimate of drug-likeness (QED) is 0.663. The normalized spacial score (nSPS) is 15.6. The summed E-state index contributed by atoms with van der Waals surface area (Å²) in [5, 5.41) is 11.8. The van der Waals surface area contributed by atoms with Crippen molar-refractivity contribution in [3.05, 3.63) is 45.4 Å². The first-order chi connectivity index (χ1) is 13.0. The highest BCUT2D eigenvalue weighted by atomic mass is 16.1. The Kier molecular flexibility index (Phi) is 5.26. The molecule has 0 aliphatic carbocycles. The van der Waals surface area contributed by atoms with Crippen LogP contribution in [0.25, 0.3) is 11.7 Å². The Labute approximate surface area is 157 Å². The SMILES string of the molecule is CNC(=O)C(C#N)=Cc1c(N2CCC(C)CC2)nc2c(C)cccn2c1=O. The van der Waals surface area contributed by atoms with Gasteiger partial charge in [-0.25, -0.2) is 4.98 Å². The van der Waals surface area contributed by atoms with E-state index in [1.807, 2.05) is 19.1 Å². The van der Waals surface area contributed by atoms with E-state index in [4.69, 9.17) is 4.98 Å². The molecule has 0 bridgehead atoms. The molecule has 3 heterocycles. The summed E-state index contributed by atoms with van der Waals surface area (Å²) in [5.41, 5.74) is 1.35. The van der Waals surface area contributed by atoms with Gasteiger partial charge in [0, 0.05) is 26.3 Å². The third kappa shape index (κ3) is 3.56. The Morgan fingerprint density at radius 3 is 2.74 bits per heavy atom. The Morgan fingerprint density at radius 1 is 1.41 bits per heavy atom. The van der Waals surface area contributed by atoms with Crippen LogP contribution in [0.5, 0.6) is 0 Å². The minimum absolute atomic E-state index is 0.115. The van der Waals surface area contributed by atoms with Crippen LogP contribution in [0.1, 0.15) is 30.9 Å².